The normalized spacial score (nSPS) is 10.3. The van der Waals surface area contributed by atoms with E-state index in [9.17, 15) is 9.90 Å². The molecule has 0 aliphatic carbocycles. The smallest absolute Gasteiger partial charge is 0.337 e. The number of para-hydroxylation sites is 1. The quantitative estimate of drug-likeness (QED) is 0.841. The Balaban J connectivity index is 2.31. The number of aromatic carboxylic acids is 1. The zero-order chi connectivity index (χ0) is 14.7. The maximum Gasteiger partial charge on any atom is 0.337 e. The molecule has 0 atom stereocenters. The first-order chi connectivity index (χ1) is 9.49. The van der Waals surface area contributed by atoms with E-state index in [1.54, 1.807) is 18.2 Å². The number of rotatable bonds is 4. The van der Waals surface area contributed by atoms with Crippen molar-refractivity contribution < 1.29 is 9.90 Å². The van der Waals surface area contributed by atoms with E-state index in [-0.39, 0.29) is 5.56 Å². The molecule has 0 aromatic heterocycles. The Morgan fingerprint density at radius 1 is 1.25 bits per heavy atom. The molecule has 0 bridgehead atoms. The third kappa shape index (κ3) is 3.11. The summed E-state index contributed by atoms with van der Waals surface area (Å²) in [7, 11) is 1.83. The molecule has 0 radical (unpaired) electrons. The number of anilines is 2. The SMILES string of the molecule is CN(Cc1ccc(Br)cc1)c1c(N)cccc1C(=O)O. The molecule has 0 saturated heterocycles. The van der Waals surface area contributed by atoms with Crippen LogP contribution in [0.1, 0.15) is 15.9 Å². The fourth-order valence-electron chi connectivity index (χ4n) is 2.10. The van der Waals surface area contributed by atoms with E-state index in [4.69, 9.17) is 5.73 Å². The van der Waals surface area contributed by atoms with E-state index in [0.717, 1.165) is 10.0 Å². The summed E-state index contributed by atoms with van der Waals surface area (Å²) < 4.78 is 1.01. The van der Waals surface area contributed by atoms with Crippen LogP contribution in [0.3, 0.4) is 0 Å². The summed E-state index contributed by atoms with van der Waals surface area (Å²) in [6, 6.07) is 12.8. The van der Waals surface area contributed by atoms with Gasteiger partial charge in [0, 0.05) is 18.1 Å². The van der Waals surface area contributed by atoms with Crippen molar-refractivity contribution in [2.45, 2.75) is 6.54 Å². The van der Waals surface area contributed by atoms with Crippen LogP contribution in [0, 0.1) is 0 Å². The van der Waals surface area contributed by atoms with Gasteiger partial charge in [-0.3, -0.25) is 0 Å². The van der Waals surface area contributed by atoms with Crippen molar-refractivity contribution in [3.05, 3.63) is 58.1 Å². The van der Waals surface area contributed by atoms with Gasteiger partial charge >= 0.3 is 5.97 Å². The van der Waals surface area contributed by atoms with E-state index in [2.05, 4.69) is 15.9 Å². The standard InChI is InChI=1S/C15H15BrN2O2/c1-18(9-10-5-7-11(16)8-6-10)14-12(15(19)20)3-2-4-13(14)17/h2-8H,9,17H2,1H3,(H,19,20). The minimum atomic E-state index is -0.977. The summed E-state index contributed by atoms with van der Waals surface area (Å²) in [4.78, 5) is 13.1. The lowest BCUT2D eigenvalue weighted by Gasteiger charge is -2.23. The Labute approximate surface area is 126 Å². The number of halogens is 1. The second-order valence-corrected chi connectivity index (χ2v) is 5.45. The number of nitrogens with two attached hydrogens (primary N) is 1. The van der Waals surface area contributed by atoms with Crippen LogP contribution in [0.15, 0.2) is 46.9 Å². The highest BCUT2D eigenvalue weighted by Gasteiger charge is 2.16. The van der Waals surface area contributed by atoms with Crippen LogP contribution >= 0.6 is 15.9 Å². The molecule has 5 heteroatoms. The fraction of sp³-hybridized carbons (Fsp3) is 0.133. The Bertz CT molecular complexity index is 626. The number of carboxylic acid groups (broad SMARTS) is 1. The second kappa shape index (κ2) is 5.96. The van der Waals surface area contributed by atoms with Crippen molar-refractivity contribution in [3.8, 4) is 0 Å². The number of carbonyl (C=O) groups is 1. The van der Waals surface area contributed by atoms with Gasteiger partial charge in [-0.05, 0) is 29.8 Å². The van der Waals surface area contributed by atoms with Crippen molar-refractivity contribution in [2.24, 2.45) is 0 Å². The zero-order valence-electron chi connectivity index (χ0n) is 11.0. The van der Waals surface area contributed by atoms with Gasteiger partial charge in [-0.15, -0.1) is 0 Å². The Morgan fingerprint density at radius 3 is 2.50 bits per heavy atom. The predicted octanol–water partition coefficient (Wildman–Crippen LogP) is 3.37. The number of hydrogen-bond acceptors (Lipinski definition) is 3. The van der Waals surface area contributed by atoms with Crippen molar-refractivity contribution in [1.29, 1.82) is 0 Å². The van der Waals surface area contributed by atoms with E-state index in [1.807, 2.05) is 36.2 Å². The molecule has 2 aromatic carbocycles. The molecular formula is C15H15BrN2O2. The maximum absolute atomic E-state index is 11.3. The highest BCUT2D eigenvalue weighted by Crippen LogP contribution is 2.28. The topological polar surface area (TPSA) is 66.6 Å². The van der Waals surface area contributed by atoms with E-state index >= 15 is 0 Å². The zero-order valence-corrected chi connectivity index (χ0v) is 12.6. The van der Waals surface area contributed by atoms with Gasteiger partial charge in [-0.1, -0.05) is 34.1 Å². The van der Waals surface area contributed by atoms with Crippen LogP contribution in [0.2, 0.25) is 0 Å². The predicted molar refractivity (Wildman–Crippen MR) is 84.1 cm³/mol. The van der Waals surface area contributed by atoms with Gasteiger partial charge in [-0.25, -0.2) is 4.79 Å². The Morgan fingerprint density at radius 2 is 1.90 bits per heavy atom. The lowest BCUT2D eigenvalue weighted by molar-refractivity contribution is 0.0697. The van der Waals surface area contributed by atoms with Gasteiger partial charge in [0.2, 0.25) is 0 Å². The third-order valence-corrected chi connectivity index (χ3v) is 3.54. The molecule has 0 aliphatic rings. The van der Waals surface area contributed by atoms with E-state index in [0.29, 0.717) is 17.9 Å². The lowest BCUT2D eigenvalue weighted by Crippen LogP contribution is -2.20. The molecule has 104 valence electrons. The van der Waals surface area contributed by atoms with Crippen molar-refractivity contribution in [2.75, 3.05) is 17.7 Å². The Hall–Kier alpha value is -2.01. The summed E-state index contributed by atoms with van der Waals surface area (Å²) in [6.45, 7) is 0.585. The highest BCUT2D eigenvalue weighted by atomic mass is 79.9. The fourth-order valence-corrected chi connectivity index (χ4v) is 2.37. The molecule has 0 spiro atoms. The molecule has 0 amide bonds. The highest BCUT2D eigenvalue weighted by molar-refractivity contribution is 9.10. The van der Waals surface area contributed by atoms with Gasteiger partial charge in [0.1, 0.15) is 0 Å². The van der Waals surface area contributed by atoms with Gasteiger partial charge in [0.15, 0.2) is 0 Å². The van der Waals surface area contributed by atoms with Crippen molar-refractivity contribution >= 4 is 33.3 Å². The van der Waals surface area contributed by atoms with Gasteiger partial charge in [-0.2, -0.15) is 0 Å². The van der Waals surface area contributed by atoms with Crippen LogP contribution in [0.4, 0.5) is 11.4 Å². The number of hydrogen-bond donors (Lipinski definition) is 2. The number of carboxylic acids is 1. The first kappa shape index (κ1) is 14.4. The molecule has 2 rings (SSSR count). The number of nitrogen functional groups attached to an aromatic ring is 1. The Kier molecular flexibility index (Phi) is 4.29. The van der Waals surface area contributed by atoms with Gasteiger partial charge in [0.25, 0.3) is 0 Å². The summed E-state index contributed by atoms with van der Waals surface area (Å²) in [5, 5.41) is 9.25. The van der Waals surface area contributed by atoms with Crippen LogP contribution in [-0.2, 0) is 6.54 Å². The lowest BCUT2D eigenvalue weighted by atomic mass is 10.1. The summed E-state index contributed by atoms with van der Waals surface area (Å²) in [6.07, 6.45) is 0. The van der Waals surface area contributed by atoms with Gasteiger partial charge in [0.05, 0.1) is 16.9 Å². The van der Waals surface area contributed by atoms with Crippen LogP contribution in [-0.4, -0.2) is 18.1 Å². The summed E-state index contributed by atoms with van der Waals surface area (Å²) in [5.74, 6) is -0.977. The van der Waals surface area contributed by atoms with Crippen LogP contribution in [0.25, 0.3) is 0 Å². The molecule has 4 nitrogen and oxygen atoms in total. The average Bonchev–Trinajstić information content (AvgIpc) is 2.40. The van der Waals surface area contributed by atoms with Crippen molar-refractivity contribution in [1.82, 2.24) is 0 Å². The molecule has 0 unspecified atom stereocenters. The van der Waals surface area contributed by atoms with Crippen LogP contribution < -0.4 is 10.6 Å². The molecule has 0 heterocycles. The summed E-state index contributed by atoms with van der Waals surface area (Å²) >= 11 is 3.39. The molecule has 3 N–H and O–H groups in total. The van der Waals surface area contributed by atoms with Gasteiger partial charge < -0.3 is 15.7 Å². The average molecular weight is 335 g/mol. The molecule has 20 heavy (non-hydrogen) atoms. The monoisotopic (exact) mass is 334 g/mol. The first-order valence-electron chi connectivity index (χ1n) is 6.06. The molecule has 2 aromatic rings. The first-order valence-corrected chi connectivity index (χ1v) is 6.85. The van der Waals surface area contributed by atoms with Crippen molar-refractivity contribution in [3.63, 3.8) is 0 Å². The number of nitrogens with zero attached hydrogens (tertiary/aromatic N) is 1. The van der Waals surface area contributed by atoms with E-state index < -0.39 is 5.97 Å². The third-order valence-electron chi connectivity index (χ3n) is 3.01. The van der Waals surface area contributed by atoms with Crippen LogP contribution in [0.5, 0.6) is 0 Å². The maximum atomic E-state index is 11.3. The molecule has 0 fully saturated rings. The minimum Gasteiger partial charge on any atom is -0.478 e. The largest absolute Gasteiger partial charge is 0.478 e. The van der Waals surface area contributed by atoms with E-state index in [1.165, 1.54) is 0 Å². The molecule has 0 aliphatic heterocycles. The molecule has 0 saturated carbocycles. The minimum absolute atomic E-state index is 0.213. The second-order valence-electron chi connectivity index (χ2n) is 4.53. The number of benzene rings is 2. The summed E-state index contributed by atoms with van der Waals surface area (Å²) in [5.41, 5.74) is 8.22. The molecular weight excluding hydrogens is 320 g/mol.